The monoisotopic (exact) mass is 297 g/mol. The maximum absolute atomic E-state index is 12.6. The van der Waals surface area contributed by atoms with Crippen LogP contribution in [0.25, 0.3) is 0 Å². The molecule has 112 valence electrons. The lowest BCUT2D eigenvalue weighted by Gasteiger charge is -2.14. The highest BCUT2D eigenvalue weighted by Crippen LogP contribution is 2.33. The van der Waals surface area contributed by atoms with Gasteiger partial charge in [0.05, 0.1) is 6.54 Å². The number of hydrogen-bond acceptors (Lipinski definition) is 4. The molecule has 0 aliphatic carbocycles. The van der Waals surface area contributed by atoms with E-state index in [1.54, 1.807) is 23.1 Å². The van der Waals surface area contributed by atoms with Crippen LogP contribution in [0, 0.1) is 0 Å². The first-order valence-electron chi connectivity index (χ1n) is 7.17. The van der Waals surface area contributed by atoms with Crippen LogP contribution in [0.4, 0.5) is 0 Å². The van der Waals surface area contributed by atoms with Gasteiger partial charge in [-0.25, -0.2) is 0 Å². The molecule has 2 aliphatic rings. The third kappa shape index (κ3) is 2.29. The Morgan fingerprint density at radius 1 is 1.05 bits per heavy atom. The quantitative estimate of drug-likeness (QED) is 0.855. The van der Waals surface area contributed by atoms with Gasteiger partial charge in [0.25, 0.3) is 5.91 Å². The molecule has 1 fully saturated rings. The second-order valence-corrected chi connectivity index (χ2v) is 5.29. The molecule has 5 nitrogen and oxygen atoms in total. The zero-order chi connectivity index (χ0) is 14.9. The molecule has 1 saturated heterocycles. The number of benzene rings is 2. The summed E-state index contributed by atoms with van der Waals surface area (Å²) in [6, 6.07) is 15.2. The zero-order valence-electron chi connectivity index (χ0n) is 11.9. The molecule has 1 unspecified atom stereocenters. The van der Waals surface area contributed by atoms with Gasteiger partial charge in [-0.15, -0.1) is 0 Å². The van der Waals surface area contributed by atoms with E-state index >= 15 is 0 Å². The lowest BCUT2D eigenvalue weighted by molar-refractivity contribution is 0.0630. The number of amides is 1. The molecule has 2 heterocycles. The molecule has 0 N–H and O–H groups in total. The molecule has 2 aromatic carbocycles. The van der Waals surface area contributed by atoms with Crippen LogP contribution in [0.3, 0.4) is 0 Å². The van der Waals surface area contributed by atoms with Crippen LogP contribution in [-0.2, 0) is 4.74 Å². The molecule has 2 aliphatic heterocycles. The Morgan fingerprint density at radius 3 is 2.73 bits per heavy atom. The number of rotatable bonds is 2. The molecule has 0 aromatic heterocycles. The summed E-state index contributed by atoms with van der Waals surface area (Å²) < 4.78 is 16.3. The summed E-state index contributed by atoms with van der Waals surface area (Å²) in [6.07, 6.45) is -0.0702. The van der Waals surface area contributed by atoms with Crippen molar-refractivity contribution in [2.75, 3.05) is 20.1 Å². The van der Waals surface area contributed by atoms with E-state index in [9.17, 15) is 4.79 Å². The largest absolute Gasteiger partial charge is 0.454 e. The van der Waals surface area contributed by atoms with Crippen molar-refractivity contribution in [3.63, 3.8) is 0 Å². The van der Waals surface area contributed by atoms with E-state index in [-0.39, 0.29) is 18.8 Å². The lowest BCUT2D eigenvalue weighted by atomic mass is 10.1. The molecular weight excluding hydrogens is 282 g/mol. The third-order valence-electron chi connectivity index (χ3n) is 3.90. The second-order valence-electron chi connectivity index (χ2n) is 5.29. The maximum atomic E-state index is 12.6. The summed E-state index contributed by atoms with van der Waals surface area (Å²) in [5.74, 6) is 1.23. The summed E-state index contributed by atoms with van der Waals surface area (Å²) in [7, 11) is 0. The Bertz CT molecular complexity index is 701. The smallest absolute Gasteiger partial charge is 0.255 e. The van der Waals surface area contributed by atoms with Gasteiger partial charge >= 0.3 is 0 Å². The second kappa shape index (κ2) is 5.35. The highest BCUT2D eigenvalue weighted by Gasteiger charge is 2.29. The Balaban J connectivity index is 1.50. The number of nitrogens with zero attached hydrogens (tertiary/aromatic N) is 1. The van der Waals surface area contributed by atoms with Crippen LogP contribution in [0.1, 0.15) is 22.0 Å². The van der Waals surface area contributed by atoms with Crippen LogP contribution in [-0.4, -0.2) is 30.9 Å². The van der Waals surface area contributed by atoms with Gasteiger partial charge < -0.3 is 19.1 Å². The lowest BCUT2D eigenvalue weighted by Crippen LogP contribution is -2.28. The zero-order valence-corrected chi connectivity index (χ0v) is 11.9. The van der Waals surface area contributed by atoms with E-state index in [1.165, 1.54) is 0 Å². The first kappa shape index (κ1) is 13.2. The number of fused-ring (bicyclic) bond motifs is 1. The summed E-state index contributed by atoms with van der Waals surface area (Å²) in [6.45, 7) is 1.06. The fourth-order valence-electron chi connectivity index (χ4n) is 2.71. The fourth-order valence-corrected chi connectivity index (χ4v) is 2.71. The molecule has 0 saturated carbocycles. The molecule has 1 amide bonds. The standard InChI is InChI=1S/C17H15NO4/c19-17(13-6-7-14-15(8-13)22-11-21-14)18-9-16(20-10-18)12-4-2-1-3-5-12/h1-8,16H,9-11H2. The number of carbonyl (C=O) groups excluding carboxylic acids is 1. The van der Waals surface area contributed by atoms with Crippen LogP contribution >= 0.6 is 0 Å². The minimum atomic E-state index is -0.0702. The first-order chi connectivity index (χ1) is 10.8. The SMILES string of the molecule is O=C(c1ccc2c(c1)OCO2)N1COC(c2ccccc2)C1. The number of ether oxygens (including phenoxy) is 3. The van der Waals surface area contributed by atoms with Crippen molar-refractivity contribution in [2.24, 2.45) is 0 Å². The van der Waals surface area contributed by atoms with Crippen molar-refractivity contribution < 1.29 is 19.0 Å². The summed E-state index contributed by atoms with van der Waals surface area (Å²) in [4.78, 5) is 14.3. The molecule has 2 aromatic rings. The van der Waals surface area contributed by atoms with Crippen molar-refractivity contribution in [1.29, 1.82) is 0 Å². The molecule has 22 heavy (non-hydrogen) atoms. The van der Waals surface area contributed by atoms with E-state index in [0.717, 1.165) is 5.56 Å². The average Bonchev–Trinajstić information content (AvgIpc) is 3.23. The Morgan fingerprint density at radius 2 is 1.86 bits per heavy atom. The first-order valence-corrected chi connectivity index (χ1v) is 7.17. The fraction of sp³-hybridized carbons (Fsp3) is 0.235. The average molecular weight is 297 g/mol. The van der Waals surface area contributed by atoms with Crippen LogP contribution in [0.2, 0.25) is 0 Å². The van der Waals surface area contributed by atoms with Gasteiger partial charge in [0, 0.05) is 5.56 Å². The van der Waals surface area contributed by atoms with Crippen molar-refractivity contribution in [3.05, 3.63) is 59.7 Å². The predicted octanol–water partition coefficient (Wildman–Crippen LogP) is 2.59. The normalized spacial score (nSPS) is 19.5. The van der Waals surface area contributed by atoms with Gasteiger partial charge in [-0.2, -0.15) is 0 Å². The van der Waals surface area contributed by atoms with Gasteiger partial charge in [-0.05, 0) is 23.8 Å². The van der Waals surface area contributed by atoms with E-state index < -0.39 is 0 Å². The maximum Gasteiger partial charge on any atom is 0.255 e. The van der Waals surface area contributed by atoms with Crippen molar-refractivity contribution in [3.8, 4) is 11.5 Å². The number of hydrogen-bond donors (Lipinski definition) is 0. The third-order valence-corrected chi connectivity index (χ3v) is 3.90. The predicted molar refractivity (Wildman–Crippen MR) is 78.7 cm³/mol. The van der Waals surface area contributed by atoms with E-state index in [4.69, 9.17) is 14.2 Å². The van der Waals surface area contributed by atoms with Gasteiger partial charge in [0.2, 0.25) is 6.79 Å². The Labute approximate surface area is 128 Å². The van der Waals surface area contributed by atoms with Gasteiger partial charge in [-0.1, -0.05) is 30.3 Å². The molecule has 4 rings (SSSR count). The van der Waals surface area contributed by atoms with Crippen molar-refractivity contribution >= 4 is 5.91 Å². The Hall–Kier alpha value is -2.53. The minimum Gasteiger partial charge on any atom is -0.454 e. The molecule has 0 radical (unpaired) electrons. The van der Waals surface area contributed by atoms with Crippen LogP contribution < -0.4 is 9.47 Å². The molecular formula is C17H15NO4. The van der Waals surface area contributed by atoms with Crippen molar-refractivity contribution in [1.82, 2.24) is 4.90 Å². The molecule has 0 spiro atoms. The van der Waals surface area contributed by atoms with E-state index in [0.29, 0.717) is 30.3 Å². The summed E-state index contributed by atoms with van der Waals surface area (Å²) in [5, 5.41) is 0. The summed E-state index contributed by atoms with van der Waals surface area (Å²) >= 11 is 0. The van der Waals surface area contributed by atoms with Crippen LogP contribution in [0.5, 0.6) is 11.5 Å². The highest BCUT2D eigenvalue weighted by molar-refractivity contribution is 5.95. The topological polar surface area (TPSA) is 48.0 Å². The molecule has 5 heteroatoms. The van der Waals surface area contributed by atoms with Crippen LogP contribution in [0.15, 0.2) is 48.5 Å². The summed E-state index contributed by atoms with van der Waals surface area (Å²) in [5.41, 5.74) is 1.67. The van der Waals surface area contributed by atoms with E-state index in [1.807, 2.05) is 30.3 Å². The van der Waals surface area contributed by atoms with Gasteiger partial charge in [0.1, 0.15) is 12.8 Å². The number of carbonyl (C=O) groups is 1. The molecule has 0 bridgehead atoms. The van der Waals surface area contributed by atoms with Gasteiger partial charge in [0.15, 0.2) is 11.5 Å². The van der Waals surface area contributed by atoms with Crippen molar-refractivity contribution in [2.45, 2.75) is 6.10 Å². The Kier molecular flexibility index (Phi) is 3.20. The van der Waals surface area contributed by atoms with Gasteiger partial charge in [-0.3, -0.25) is 4.79 Å². The van der Waals surface area contributed by atoms with E-state index in [2.05, 4.69) is 0 Å². The molecule has 1 atom stereocenters. The highest BCUT2D eigenvalue weighted by atomic mass is 16.7. The minimum absolute atomic E-state index is 0.0586.